The monoisotopic (exact) mass is 401 g/mol. The van der Waals surface area contributed by atoms with Crippen molar-refractivity contribution in [1.82, 2.24) is 16.0 Å². The van der Waals surface area contributed by atoms with E-state index in [4.69, 9.17) is 21.9 Å². The van der Waals surface area contributed by atoms with Gasteiger partial charge in [-0.25, -0.2) is 4.79 Å². The number of amides is 2. The van der Waals surface area contributed by atoms with Gasteiger partial charge in [0, 0.05) is 19.1 Å². The van der Waals surface area contributed by atoms with Crippen molar-refractivity contribution in [2.45, 2.75) is 57.9 Å². The molecule has 0 aromatic heterocycles. The van der Waals surface area contributed by atoms with Crippen LogP contribution in [0, 0.1) is 0 Å². The third-order valence-electron chi connectivity index (χ3n) is 3.85. The van der Waals surface area contributed by atoms with Crippen LogP contribution in [-0.2, 0) is 9.53 Å². The van der Waals surface area contributed by atoms with Crippen LogP contribution in [0.1, 0.15) is 51.9 Å². The van der Waals surface area contributed by atoms with Gasteiger partial charge in [-0.15, -0.1) is 0 Å². The van der Waals surface area contributed by atoms with Gasteiger partial charge in [0.15, 0.2) is 5.96 Å². The number of nitrogens with zero attached hydrogens (tertiary/aromatic N) is 1. The topological polar surface area (TPSA) is 170 Å². The molecule has 9 N–H and O–H groups in total. The zero-order valence-corrected chi connectivity index (χ0v) is 17.2. The minimum Gasteiger partial charge on any atom is -0.450 e. The minimum absolute atomic E-state index is 0.0812. The Kier molecular flexibility index (Phi) is 16.9. The molecule has 2 amide bonds. The molecule has 0 saturated carbocycles. The van der Waals surface area contributed by atoms with Crippen LogP contribution in [0.15, 0.2) is 4.99 Å². The molecule has 10 heteroatoms. The fraction of sp³-hybridized carbons (Fsp3) is 0.833. The van der Waals surface area contributed by atoms with Crippen molar-refractivity contribution in [3.05, 3.63) is 0 Å². The second kappa shape index (κ2) is 18.3. The molecule has 10 nitrogen and oxygen atoms in total. The molecule has 28 heavy (non-hydrogen) atoms. The van der Waals surface area contributed by atoms with Crippen LogP contribution in [0.25, 0.3) is 0 Å². The van der Waals surface area contributed by atoms with Crippen LogP contribution < -0.4 is 33.2 Å². The smallest absolute Gasteiger partial charge is 0.407 e. The van der Waals surface area contributed by atoms with Crippen LogP contribution in [0.2, 0.25) is 0 Å². The van der Waals surface area contributed by atoms with Crippen molar-refractivity contribution in [3.8, 4) is 0 Å². The SMILES string of the molecule is C[C@@H](N)CCNCCCCOC(=O)NCC(=O)NCCCCCCN=C(N)N. The van der Waals surface area contributed by atoms with Crippen LogP contribution in [0.3, 0.4) is 0 Å². The number of alkyl carbamates (subject to hydrolysis) is 1. The highest BCUT2D eigenvalue weighted by atomic mass is 16.5. The number of carbonyl (C=O) groups is 2. The number of ether oxygens (including phenoxy) is 1. The lowest BCUT2D eigenvalue weighted by Crippen LogP contribution is -2.37. The Labute approximate surface area is 168 Å². The number of aliphatic imine (C=N–C) groups is 1. The van der Waals surface area contributed by atoms with Gasteiger partial charge in [0.2, 0.25) is 5.91 Å². The largest absolute Gasteiger partial charge is 0.450 e. The van der Waals surface area contributed by atoms with Gasteiger partial charge < -0.3 is 37.9 Å². The number of rotatable bonds is 17. The molecule has 0 unspecified atom stereocenters. The molecular formula is C18H39N7O3. The Morgan fingerprint density at radius 2 is 1.68 bits per heavy atom. The molecule has 0 rings (SSSR count). The maximum absolute atomic E-state index is 11.6. The molecular weight excluding hydrogens is 362 g/mol. The Hall–Kier alpha value is -2.07. The van der Waals surface area contributed by atoms with Crippen molar-refractivity contribution < 1.29 is 14.3 Å². The third-order valence-corrected chi connectivity index (χ3v) is 3.85. The number of hydrogen-bond acceptors (Lipinski definition) is 6. The summed E-state index contributed by atoms with van der Waals surface area (Å²) in [5.74, 6) is -0.112. The van der Waals surface area contributed by atoms with Crippen molar-refractivity contribution in [3.63, 3.8) is 0 Å². The molecule has 0 aliphatic carbocycles. The lowest BCUT2D eigenvalue weighted by Gasteiger charge is -2.09. The summed E-state index contributed by atoms with van der Waals surface area (Å²) >= 11 is 0. The second-order valence-electron chi connectivity index (χ2n) is 6.78. The number of guanidine groups is 1. The maximum Gasteiger partial charge on any atom is 0.407 e. The van der Waals surface area contributed by atoms with E-state index >= 15 is 0 Å². The van der Waals surface area contributed by atoms with E-state index < -0.39 is 6.09 Å². The summed E-state index contributed by atoms with van der Waals surface area (Å²) in [7, 11) is 0. The van der Waals surface area contributed by atoms with Gasteiger partial charge >= 0.3 is 6.09 Å². The number of hydrogen-bond donors (Lipinski definition) is 6. The summed E-state index contributed by atoms with van der Waals surface area (Å²) < 4.78 is 5.03. The van der Waals surface area contributed by atoms with Crippen molar-refractivity contribution in [2.75, 3.05) is 39.3 Å². The lowest BCUT2D eigenvalue weighted by molar-refractivity contribution is -0.120. The average molecular weight is 402 g/mol. The molecule has 0 aliphatic heterocycles. The van der Waals surface area contributed by atoms with E-state index in [1.54, 1.807) is 0 Å². The highest BCUT2D eigenvalue weighted by molar-refractivity contribution is 5.82. The van der Waals surface area contributed by atoms with Crippen LogP contribution in [0.5, 0.6) is 0 Å². The fourth-order valence-corrected chi connectivity index (χ4v) is 2.26. The summed E-state index contributed by atoms with van der Waals surface area (Å²) in [4.78, 5) is 27.1. The number of unbranched alkanes of at least 4 members (excludes halogenated alkanes) is 4. The number of nitrogens with two attached hydrogens (primary N) is 3. The van der Waals surface area contributed by atoms with Crippen molar-refractivity contribution >= 4 is 18.0 Å². The predicted octanol–water partition coefficient (Wildman–Crippen LogP) is -0.230. The molecule has 0 aromatic carbocycles. The first-order valence-corrected chi connectivity index (χ1v) is 10.1. The molecule has 0 fully saturated rings. The molecule has 1 atom stereocenters. The lowest BCUT2D eigenvalue weighted by atomic mass is 10.2. The number of nitrogens with one attached hydrogen (secondary N) is 3. The van der Waals surface area contributed by atoms with Gasteiger partial charge in [-0.1, -0.05) is 12.8 Å². The molecule has 164 valence electrons. The molecule has 0 radical (unpaired) electrons. The van der Waals surface area contributed by atoms with E-state index in [0.717, 1.165) is 58.0 Å². The van der Waals surface area contributed by atoms with Gasteiger partial charge in [0.25, 0.3) is 0 Å². The van der Waals surface area contributed by atoms with E-state index in [9.17, 15) is 9.59 Å². The summed E-state index contributed by atoms with van der Waals surface area (Å²) in [5, 5.41) is 8.48. The van der Waals surface area contributed by atoms with Crippen molar-refractivity contribution in [2.24, 2.45) is 22.2 Å². The Morgan fingerprint density at radius 3 is 2.39 bits per heavy atom. The number of carbonyl (C=O) groups excluding carboxylic acids is 2. The second-order valence-corrected chi connectivity index (χ2v) is 6.78. The van der Waals surface area contributed by atoms with E-state index in [-0.39, 0.29) is 24.5 Å². The molecule has 0 saturated heterocycles. The standard InChI is InChI=1S/C18H39N7O3/c1-15(19)8-12-22-9-6-7-13-28-18(27)25-14-16(26)23-10-4-2-3-5-11-24-17(20)21/h15,22H,2-14,19H2,1H3,(H,23,26)(H,25,27)(H4,20,21,24)/t15-/m1/s1. The van der Waals surface area contributed by atoms with Crippen LogP contribution in [-0.4, -0.2) is 63.3 Å². The zero-order valence-electron chi connectivity index (χ0n) is 17.2. The highest BCUT2D eigenvalue weighted by Gasteiger charge is 2.05. The first kappa shape index (κ1) is 25.9. The quantitative estimate of drug-likeness (QED) is 0.111. The summed E-state index contributed by atoms with van der Waals surface area (Å²) in [6.45, 7) is 5.21. The Balaban J connectivity index is 3.39. The van der Waals surface area contributed by atoms with Crippen molar-refractivity contribution in [1.29, 1.82) is 0 Å². The van der Waals surface area contributed by atoms with Gasteiger partial charge in [0.05, 0.1) is 13.2 Å². The first-order valence-electron chi connectivity index (χ1n) is 10.1. The van der Waals surface area contributed by atoms with E-state index in [1.165, 1.54) is 0 Å². The fourth-order valence-electron chi connectivity index (χ4n) is 2.26. The summed E-state index contributed by atoms with van der Waals surface area (Å²) in [6, 6.07) is 0.207. The molecule has 0 heterocycles. The Bertz CT molecular complexity index is 441. The van der Waals surface area contributed by atoms with Gasteiger partial charge in [-0.05, 0) is 52.1 Å². The van der Waals surface area contributed by atoms with E-state index in [2.05, 4.69) is 20.9 Å². The summed E-state index contributed by atoms with van der Waals surface area (Å²) in [5.41, 5.74) is 16.1. The molecule has 0 aliphatic rings. The first-order chi connectivity index (χ1) is 13.4. The minimum atomic E-state index is -0.570. The zero-order chi connectivity index (χ0) is 21.0. The Morgan fingerprint density at radius 1 is 0.964 bits per heavy atom. The third kappa shape index (κ3) is 20.2. The van der Waals surface area contributed by atoms with Gasteiger partial charge in [-0.3, -0.25) is 9.79 Å². The normalized spacial score (nSPS) is 11.5. The average Bonchev–Trinajstić information content (AvgIpc) is 2.63. The highest BCUT2D eigenvalue weighted by Crippen LogP contribution is 1.98. The van der Waals surface area contributed by atoms with E-state index in [0.29, 0.717) is 19.7 Å². The predicted molar refractivity (Wildman–Crippen MR) is 112 cm³/mol. The van der Waals surface area contributed by atoms with Gasteiger partial charge in [-0.2, -0.15) is 0 Å². The molecule has 0 spiro atoms. The van der Waals surface area contributed by atoms with Crippen LogP contribution in [0.4, 0.5) is 4.79 Å². The van der Waals surface area contributed by atoms with Crippen LogP contribution >= 0.6 is 0 Å². The molecule has 0 aromatic rings. The molecule has 0 bridgehead atoms. The van der Waals surface area contributed by atoms with Gasteiger partial charge in [0.1, 0.15) is 0 Å². The maximum atomic E-state index is 11.6. The van der Waals surface area contributed by atoms with E-state index in [1.807, 2.05) is 6.92 Å². The summed E-state index contributed by atoms with van der Waals surface area (Å²) in [6.07, 6.45) is 5.83.